The smallest absolute Gasteiger partial charge is 0.257 e. The monoisotopic (exact) mass is 270 g/mol. The summed E-state index contributed by atoms with van der Waals surface area (Å²) >= 11 is 2.99. The van der Waals surface area contributed by atoms with E-state index in [1.165, 1.54) is 19.2 Å². The summed E-state index contributed by atoms with van der Waals surface area (Å²) < 4.78 is 13.7. The fourth-order valence-electron chi connectivity index (χ4n) is 1.05. The molecule has 15 heavy (non-hydrogen) atoms. The van der Waals surface area contributed by atoms with Gasteiger partial charge in [0.15, 0.2) is 0 Å². The Labute approximate surface area is 95.2 Å². The second-order valence-electron chi connectivity index (χ2n) is 2.92. The molecule has 1 aromatic rings. The van der Waals surface area contributed by atoms with Crippen LogP contribution in [0.1, 0.15) is 10.4 Å². The van der Waals surface area contributed by atoms with E-state index in [2.05, 4.69) is 15.9 Å². The molecule has 0 N–H and O–H groups in total. The van der Waals surface area contributed by atoms with Crippen LogP contribution < -0.4 is 0 Å². The molecule has 1 aromatic carbocycles. The number of rotatable bonds is 2. The highest BCUT2D eigenvalue weighted by Gasteiger charge is 2.17. The van der Waals surface area contributed by atoms with E-state index in [0.29, 0.717) is 0 Å². The van der Waals surface area contributed by atoms with Gasteiger partial charge in [-0.05, 0) is 28.1 Å². The van der Waals surface area contributed by atoms with Gasteiger partial charge in [0.2, 0.25) is 0 Å². The van der Waals surface area contributed by atoms with E-state index in [1.807, 2.05) is 6.07 Å². The predicted molar refractivity (Wildman–Crippen MR) is 56.7 cm³/mol. The van der Waals surface area contributed by atoms with E-state index in [4.69, 9.17) is 5.26 Å². The molecule has 0 heterocycles. The minimum atomic E-state index is -0.604. The van der Waals surface area contributed by atoms with Gasteiger partial charge in [0.25, 0.3) is 5.91 Å². The molecule has 0 aliphatic rings. The van der Waals surface area contributed by atoms with Gasteiger partial charge in [0.05, 0.1) is 16.1 Å². The van der Waals surface area contributed by atoms with Crippen LogP contribution in [0.3, 0.4) is 0 Å². The van der Waals surface area contributed by atoms with Crippen molar-refractivity contribution in [1.29, 1.82) is 5.26 Å². The largest absolute Gasteiger partial charge is 0.328 e. The molecule has 78 valence electrons. The van der Waals surface area contributed by atoms with Crippen LogP contribution in [0.25, 0.3) is 0 Å². The van der Waals surface area contributed by atoms with Crippen molar-refractivity contribution in [2.45, 2.75) is 0 Å². The Morgan fingerprint density at radius 2 is 2.33 bits per heavy atom. The second-order valence-corrected chi connectivity index (χ2v) is 3.78. The van der Waals surface area contributed by atoms with Gasteiger partial charge in [-0.1, -0.05) is 6.07 Å². The number of benzene rings is 1. The summed E-state index contributed by atoms with van der Waals surface area (Å²) in [6.07, 6.45) is 0. The van der Waals surface area contributed by atoms with Crippen LogP contribution in [0.4, 0.5) is 4.39 Å². The van der Waals surface area contributed by atoms with Gasteiger partial charge in [-0.15, -0.1) is 0 Å². The SMILES string of the molecule is CN(CC#N)C(=O)c1cccc(Br)c1F. The third-order valence-corrected chi connectivity index (χ3v) is 2.45. The predicted octanol–water partition coefficient (Wildman–Crippen LogP) is 2.18. The van der Waals surface area contributed by atoms with Gasteiger partial charge < -0.3 is 4.90 Å². The van der Waals surface area contributed by atoms with Crippen molar-refractivity contribution in [3.63, 3.8) is 0 Å². The second kappa shape index (κ2) is 4.89. The van der Waals surface area contributed by atoms with Crippen molar-refractivity contribution in [2.24, 2.45) is 0 Å². The fourth-order valence-corrected chi connectivity index (χ4v) is 1.42. The molecule has 5 heteroatoms. The molecular weight excluding hydrogens is 263 g/mol. The summed E-state index contributed by atoms with van der Waals surface area (Å²) in [6.45, 7) is -0.0647. The number of carbonyl (C=O) groups excluding carboxylic acids is 1. The number of amides is 1. The maximum absolute atomic E-state index is 13.5. The van der Waals surface area contributed by atoms with Crippen molar-refractivity contribution in [2.75, 3.05) is 13.6 Å². The summed E-state index contributed by atoms with van der Waals surface area (Å²) in [5, 5.41) is 8.41. The first-order valence-electron chi connectivity index (χ1n) is 4.14. The van der Waals surface area contributed by atoms with Crippen molar-refractivity contribution in [1.82, 2.24) is 4.90 Å². The highest BCUT2D eigenvalue weighted by atomic mass is 79.9. The number of carbonyl (C=O) groups is 1. The maximum atomic E-state index is 13.5. The quantitative estimate of drug-likeness (QED) is 0.774. The first-order chi connectivity index (χ1) is 7.07. The van der Waals surface area contributed by atoms with Crippen LogP contribution >= 0.6 is 15.9 Å². The van der Waals surface area contributed by atoms with Gasteiger partial charge in [-0.2, -0.15) is 5.26 Å². The lowest BCUT2D eigenvalue weighted by Crippen LogP contribution is -2.27. The number of nitrogens with zero attached hydrogens (tertiary/aromatic N) is 2. The number of hydrogen-bond donors (Lipinski definition) is 0. The molecule has 3 nitrogen and oxygen atoms in total. The van der Waals surface area contributed by atoms with Crippen LogP contribution in [0.2, 0.25) is 0 Å². The van der Waals surface area contributed by atoms with Gasteiger partial charge in [0, 0.05) is 7.05 Å². The van der Waals surface area contributed by atoms with E-state index in [-0.39, 0.29) is 16.6 Å². The summed E-state index contributed by atoms with van der Waals surface area (Å²) in [7, 11) is 1.45. The average Bonchev–Trinajstić information content (AvgIpc) is 2.21. The molecule has 0 spiro atoms. The lowest BCUT2D eigenvalue weighted by atomic mass is 10.2. The van der Waals surface area contributed by atoms with Crippen LogP contribution in [0.15, 0.2) is 22.7 Å². The molecule has 1 amide bonds. The molecule has 0 saturated heterocycles. The normalized spacial score (nSPS) is 9.47. The fraction of sp³-hybridized carbons (Fsp3) is 0.200. The highest BCUT2D eigenvalue weighted by Crippen LogP contribution is 2.19. The molecule has 0 radical (unpaired) electrons. The lowest BCUT2D eigenvalue weighted by Gasteiger charge is -2.13. The third kappa shape index (κ3) is 2.54. The Morgan fingerprint density at radius 1 is 1.67 bits per heavy atom. The van der Waals surface area contributed by atoms with Gasteiger partial charge in [-0.25, -0.2) is 4.39 Å². The topological polar surface area (TPSA) is 44.1 Å². The van der Waals surface area contributed by atoms with Gasteiger partial charge in [-0.3, -0.25) is 4.79 Å². The zero-order valence-corrected chi connectivity index (χ0v) is 9.58. The summed E-state index contributed by atoms with van der Waals surface area (Å²) in [4.78, 5) is 12.8. The molecule has 1 rings (SSSR count). The molecule has 0 bridgehead atoms. The van der Waals surface area contributed by atoms with Crippen LogP contribution in [0, 0.1) is 17.1 Å². The van der Waals surface area contributed by atoms with E-state index < -0.39 is 11.7 Å². The number of hydrogen-bond acceptors (Lipinski definition) is 2. The minimum Gasteiger partial charge on any atom is -0.328 e. The lowest BCUT2D eigenvalue weighted by molar-refractivity contribution is 0.0807. The number of halogens is 2. The van der Waals surface area contributed by atoms with E-state index >= 15 is 0 Å². The summed E-state index contributed by atoms with van der Waals surface area (Å²) in [5.41, 5.74) is -0.0397. The van der Waals surface area contributed by atoms with E-state index in [9.17, 15) is 9.18 Å². The molecule has 0 aliphatic carbocycles. The standard InChI is InChI=1S/C10H8BrFN2O/c1-14(6-5-13)10(15)7-3-2-4-8(11)9(7)12/h2-4H,6H2,1H3. The van der Waals surface area contributed by atoms with Crippen molar-refractivity contribution >= 4 is 21.8 Å². The molecule has 0 aliphatic heterocycles. The van der Waals surface area contributed by atoms with Crippen molar-refractivity contribution in [3.8, 4) is 6.07 Å². The van der Waals surface area contributed by atoms with E-state index in [1.54, 1.807) is 6.07 Å². The first kappa shape index (κ1) is 11.7. The third-order valence-electron chi connectivity index (χ3n) is 1.84. The first-order valence-corrected chi connectivity index (χ1v) is 4.93. The maximum Gasteiger partial charge on any atom is 0.257 e. The van der Waals surface area contributed by atoms with Crippen LogP contribution in [-0.4, -0.2) is 24.4 Å². The Bertz CT molecular complexity index is 428. The Morgan fingerprint density at radius 3 is 2.93 bits per heavy atom. The summed E-state index contributed by atoms with van der Waals surface area (Å²) in [6, 6.07) is 6.29. The zero-order chi connectivity index (χ0) is 11.4. The Hall–Kier alpha value is -1.41. The molecule has 0 unspecified atom stereocenters. The molecule has 0 atom stereocenters. The van der Waals surface area contributed by atoms with E-state index in [0.717, 1.165) is 4.90 Å². The van der Waals surface area contributed by atoms with Crippen molar-refractivity contribution < 1.29 is 9.18 Å². The van der Waals surface area contributed by atoms with Gasteiger partial charge >= 0.3 is 0 Å². The summed E-state index contributed by atoms with van der Waals surface area (Å²) in [5.74, 6) is -1.11. The highest BCUT2D eigenvalue weighted by molar-refractivity contribution is 9.10. The molecule has 0 aromatic heterocycles. The zero-order valence-electron chi connectivity index (χ0n) is 8.00. The number of nitriles is 1. The molecule has 0 fully saturated rings. The van der Waals surface area contributed by atoms with Crippen molar-refractivity contribution in [3.05, 3.63) is 34.1 Å². The molecule has 0 saturated carbocycles. The average molecular weight is 271 g/mol. The van der Waals surface area contributed by atoms with Crippen LogP contribution in [-0.2, 0) is 0 Å². The molecular formula is C10H8BrFN2O. The Kier molecular flexibility index (Phi) is 3.81. The Balaban J connectivity index is 3.02. The van der Waals surface area contributed by atoms with Crippen LogP contribution in [0.5, 0.6) is 0 Å². The minimum absolute atomic E-state index is 0.0397. The van der Waals surface area contributed by atoms with Gasteiger partial charge in [0.1, 0.15) is 12.4 Å².